The summed E-state index contributed by atoms with van der Waals surface area (Å²) in [7, 11) is 0. The van der Waals surface area contributed by atoms with Crippen molar-refractivity contribution in [1.29, 1.82) is 0 Å². The number of rotatable bonds is 3. The van der Waals surface area contributed by atoms with E-state index in [-0.39, 0.29) is 0 Å². The van der Waals surface area contributed by atoms with Gasteiger partial charge in [0.2, 0.25) is 5.89 Å². The molecule has 1 N–H and O–H groups in total. The topological polar surface area (TPSA) is 63.8 Å². The van der Waals surface area contributed by atoms with Gasteiger partial charge in [-0.3, -0.25) is 0 Å². The summed E-state index contributed by atoms with van der Waals surface area (Å²) in [5.41, 5.74) is 0.867. The molecule has 0 radical (unpaired) electrons. The van der Waals surface area contributed by atoms with E-state index >= 15 is 0 Å². The van der Waals surface area contributed by atoms with Gasteiger partial charge >= 0.3 is 0 Å². The predicted octanol–water partition coefficient (Wildman–Crippen LogP) is 2.04. The minimum atomic E-state index is 0.446. The Morgan fingerprint density at radius 1 is 1.53 bits per heavy atom. The number of hydrogen-bond donors (Lipinski definition) is 1. The average Bonchev–Trinajstić information content (AvgIpc) is 2.62. The van der Waals surface area contributed by atoms with Crippen molar-refractivity contribution in [2.45, 2.75) is 13.5 Å². The molecule has 0 fully saturated rings. The van der Waals surface area contributed by atoms with E-state index in [1.807, 2.05) is 6.07 Å². The second-order valence-corrected chi connectivity index (χ2v) is 3.34. The fraction of sp³-hybridized carbons (Fsp3) is 0.222. The molecule has 2 heterocycles. The van der Waals surface area contributed by atoms with E-state index in [2.05, 4.69) is 20.4 Å². The van der Waals surface area contributed by atoms with Crippen LogP contribution in [0.1, 0.15) is 11.7 Å². The van der Waals surface area contributed by atoms with Crippen LogP contribution >= 0.6 is 11.6 Å². The lowest BCUT2D eigenvalue weighted by Gasteiger charge is -2.02. The van der Waals surface area contributed by atoms with E-state index in [1.165, 1.54) is 0 Å². The monoisotopic (exact) mass is 224 g/mol. The van der Waals surface area contributed by atoms with Gasteiger partial charge in [0.05, 0.1) is 6.54 Å². The van der Waals surface area contributed by atoms with Crippen LogP contribution in [-0.2, 0) is 6.54 Å². The maximum Gasteiger partial charge on any atom is 0.245 e. The van der Waals surface area contributed by atoms with Crippen molar-refractivity contribution in [1.82, 2.24) is 15.1 Å². The number of pyridine rings is 1. The van der Waals surface area contributed by atoms with Crippen molar-refractivity contribution in [3.8, 4) is 0 Å². The zero-order valence-electron chi connectivity index (χ0n) is 8.07. The Bertz CT molecular complexity index is 457. The Balaban J connectivity index is 1.99. The van der Waals surface area contributed by atoms with Crippen LogP contribution in [0.4, 0.5) is 5.69 Å². The molecule has 15 heavy (non-hydrogen) atoms. The summed E-state index contributed by atoms with van der Waals surface area (Å²) in [5, 5.41) is 7.22. The van der Waals surface area contributed by atoms with Crippen LogP contribution in [0.25, 0.3) is 0 Å². The summed E-state index contributed by atoms with van der Waals surface area (Å²) >= 11 is 5.73. The highest BCUT2D eigenvalue weighted by Gasteiger charge is 2.02. The first-order valence-electron chi connectivity index (χ1n) is 4.38. The minimum Gasteiger partial charge on any atom is -0.376 e. The molecule has 0 atom stereocenters. The largest absolute Gasteiger partial charge is 0.376 e. The molecule has 2 aromatic rings. The highest BCUT2D eigenvalue weighted by Crippen LogP contribution is 2.12. The summed E-state index contributed by atoms with van der Waals surface area (Å²) in [5.74, 6) is 1.17. The molecule has 0 bridgehead atoms. The van der Waals surface area contributed by atoms with Crippen LogP contribution in [0.5, 0.6) is 0 Å². The Morgan fingerprint density at radius 3 is 3.07 bits per heavy atom. The lowest BCUT2D eigenvalue weighted by Crippen LogP contribution is -1.99. The van der Waals surface area contributed by atoms with Gasteiger partial charge in [0.25, 0.3) is 0 Å². The third kappa shape index (κ3) is 2.66. The lowest BCUT2D eigenvalue weighted by atomic mass is 10.4. The van der Waals surface area contributed by atoms with Crippen molar-refractivity contribution in [2.24, 2.45) is 0 Å². The van der Waals surface area contributed by atoms with Crippen molar-refractivity contribution in [3.05, 3.63) is 35.2 Å². The molecule has 0 spiro atoms. The molecule has 2 rings (SSSR count). The van der Waals surface area contributed by atoms with Crippen LogP contribution in [0.3, 0.4) is 0 Å². The number of aryl methyl sites for hydroxylation is 1. The fourth-order valence-corrected chi connectivity index (χ4v) is 1.28. The van der Waals surface area contributed by atoms with Crippen molar-refractivity contribution < 1.29 is 4.52 Å². The molecule has 6 heteroatoms. The van der Waals surface area contributed by atoms with Crippen LogP contribution in [0.2, 0.25) is 5.15 Å². The Hall–Kier alpha value is -1.62. The molecule has 0 saturated carbocycles. The van der Waals surface area contributed by atoms with Crippen LogP contribution < -0.4 is 5.32 Å². The van der Waals surface area contributed by atoms with Crippen molar-refractivity contribution in [2.75, 3.05) is 5.32 Å². The Labute approximate surface area is 91.5 Å². The van der Waals surface area contributed by atoms with Crippen LogP contribution in [0.15, 0.2) is 22.9 Å². The molecular weight excluding hydrogens is 216 g/mol. The molecule has 2 aromatic heterocycles. The zero-order valence-corrected chi connectivity index (χ0v) is 8.82. The first-order chi connectivity index (χ1) is 7.24. The smallest absolute Gasteiger partial charge is 0.245 e. The van der Waals surface area contributed by atoms with Gasteiger partial charge in [-0.2, -0.15) is 4.98 Å². The van der Waals surface area contributed by atoms with Crippen LogP contribution in [0, 0.1) is 6.92 Å². The predicted molar refractivity (Wildman–Crippen MR) is 55.6 cm³/mol. The van der Waals surface area contributed by atoms with Crippen molar-refractivity contribution in [3.63, 3.8) is 0 Å². The van der Waals surface area contributed by atoms with Gasteiger partial charge < -0.3 is 9.84 Å². The third-order valence-corrected chi connectivity index (χ3v) is 1.95. The summed E-state index contributed by atoms with van der Waals surface area (Å²) in [6.07, 6.45) is 1.63. The van der Waals surface area contributed by atoms with Gasteiger partial charge in [-0.15, -0.1) is 0 Å². The lowest BCUT2D eigenvalue weighted by molar-refractivity contribution is 0.379. The highest BCUT2D eigenvalue weighted by molar-refractivity contribution is 6.29. The summed E-state index contributed by atoms with van der Waals surface area (Å²) in [4.78, 5) is 7.93. The molecule has 0 saturated heterocycles. The first kappa shape index (κ1) is 9.92. The molecular formula is C9H9ClN4O. The van der Waals surface area contributed by atoms with Gasteiger partial charge in [-0.05, 0) is 19.1 Å². The fourth-order valence-electron chi connectivity index (χ4n) is 1.10. The van der Waals surface area contributed by atoms with E-state index in [0.29, 0.717) is 23.4 Å². The molecule has 0 unspecified atom stereocenters. The second kappa shape index (κ2) is 4.27. The number of aromatic nitrogens is 3. The normalized spacial score (nSPS) is 10.3. The van der Waals surface area contributed by atoms with E-state index < -0.39 is 0 Å². The van der Waals surface area contributed by atoms with Crippen LogP contribution in [-0.4, -0.2) is 15.1 Å². The molecule has 0 aromatic carbocycles. The first-order valence-corrected chi connectivity index (χ1v) is 4.76. The van der Waals surface area contributed by atoms with Gasteiger partial charge in [-0.25, -0.2) is 4.98 Å². The van der Waals surface area contributed by atoms with E-state index in [9.17, 15) is 0 Å². The quantitative estimate of drug-likeness (QED) is 0.809. The molecule has 5 nitrogen and oxygen atoms in total. The second-order valence-electron chi connectivity index (χ2n) is 2.96. The van der Waals surface area contributed by atoms with Gasteiger partial charge in [0.15, 0.2) is 5.82 Å². The van der Waals surface area contributed by atoms with E-state index in [4.69, 9.17) is 16.1 Å². The number of nitrogens with zero attached hydrogens (tertiary/aromatic N) is 3. The molecule has 0 aliphatic carbocycles. The molecule has 78 valence electrons. The van der Waals surface area contributed by atoms with Crippen molar-refractivity contribution >= 4 is 17.3 Å². The van der Waals surface area contributed by atoms with E-state index in [0.717, 1.165) is 5.69 Å². The number of halogens is 1. The summed E-state index contributed by atoms with van der Waals surface area (Å²) in [6.45, 7) is 2.25. The minimum absolute atomic E-state index is 0.446. The maximum absolute atomic E-state index is 5.73. The van der Waals surface area contributed by atoms with Gasteiger partial charge in [0, 0.05) is 11.9 Å². The summed E-state index contributed by atoms with van der Waals surface area (Å²) < 4.78 is 4.94. The SMILES string of the molecule is Cc1noc(CNc2ccnc(Cl)c2)n1. The number of hydrogen-bond acceptors (Lipinski definition) is 5. The highest BCUT2D eigenvalue weighted by atomic mass is 35.5. The zero-order chi connectivity index (χ0) is 10.7. The Kier molecular flexibility index (Phi) is 2.82. The standard InChI is InChI=1S/C9H9ClN4O/c1-6-13-9(15-14-6)5-12-7-2-3-11-8(10)4-7/h2-4H,5H2,1H3,(H,11,12). The molecule has 0 amide bonds. The maximum atomic E-state index is 5.73. The summed E-state index contributed by atoms with van der Waals surface area (Å²) in [6, 6.07) is 3.54. The van der Waals surface area contributed by atoms with E-state index in [1.54, 1.807) is 19.2 Å². The average molecular weight is 225 g/mol. The molecule has 0 aliphatic heterocycles. The molecule has 0 aliphatic rings. The van der Waals surface area contributed by atoms with Gasteiger partial charge in [0.1, 0.15) is 5.15 Å². The Morgan fingerprint density at radius 2 is 2.40 bits per heavy atom. The number of anilines is 1. The van der Waals surface area contributed by atoms with Gasteiger partial charge in [-0.1, -0.05) is 16.8 Å². The third-order valence-electron chi connectivity index (χ3n) is 1.74. The number of nitrogens with one attached hydrogen (secondary N) is 1.